The third kappa shape index (κ3) is 3.40. The summed E-state index contributed by atoms with van der Waals surface area (Å²) in [4.78, 5) is 13.5. The Hall–Kier alpha value is -1.68. The third-order valence-corrected chi connectivity index (χ3v) is 3.00. The number of benzene rings is 1. The largest absolute Gasteiger partial charge is 0.391 e. The second-order valence-electron chi connectivity index (χ2n) is 4.47. The van der Waals surface area contributed by atoms with E-state index in [0.29, 0.717) is 13.1 Å². The first-order chi connectivity index (χ1) is 8.65. The number of amides is 1. The minimum absolute atomic E-state index is 0.113. The van der Waals surface area contributed by atoms with Gasteiger partial charge in [0, 0.05) is 19.2 Å². The molecule has 0 aromatic heterocycles. The topological polar surface area (TPSA) is 40.5 Å². The molecule has 0 aliphatic carbocycles. The van der Waals surface area contributed by atoms with Gasteiger partial charge in [-0.05, 0) is 36.6 Å². The van der Waals surface area contributed by atoms with Crippen molar-refractivity contribution >= 4 is 12.0 Å². The first kappa shape index (κ1) is 12.8. The fourth-order valence-electron chi connectivity index (χ4n) is 2.00. The summed E-state index contributed by atoms with van der Waals surface area (Å²) < 4.78 is 12.7. The highest BCUT2D eigenvalue weighted by Crippen LogP contribution is 2.11. The molecule has 1 saturated heterocycles. The lowest BCUT2D eigenvalue weighted by Gasteiger charge is -2.29. The number of hydrogen-bond donors (Lipinski definition) is 1. The van der Waals surface area contributed by atoms with Gasteiger partial charge in [0.25, 0.3) is 0 Å². The van der Waals surface area contributed by atoms with Crippen molar-refractivity contribution in [3.05, 3.63) is 41.7 Å². The molecule has 1 N–H and O–H groups in total. The molecule has 3 nitrogen and oxygen atoms in total. The van der Waals surface area contributed by atoms with Crippen molar-refractivity contribution in [2.75, 3.05) is 13.1 Å². The Morgan fingerprint density at radius 3 is 2.78 bits per heavy atom. The van der Waals surface area contributed by atoms with E-state index in [1.807, 2.05) is 0 Å². The van der Waals surface area contributed by atoms with E-state index in [1.165, 1.54) is 18.2 Å². The molecular weight excluding hydrogens is 233 g/mol. The molecule has 1 aliphatic heterocycles. The number of rotatable bonds is 2. The third-order valence-electron chi connectivity index (χ3n) is 3.00. The fraction of sp³-hybridized carbons (Fsp3) is 0.357. The summed E-state index contributed by atoms with van der Waals surface area (Å²) >= 11 is 0. The summed E-state index contributed by atoms with van der Waals surface area (Å²) in [5, 5.41) is 9.48. The number of halogens is 1. The average Bonchev–Trinajstić information content (AvgIpc) is 2.38. The molecule has 1 heterocycles. The van der Waals surface area contributed by atoms with Gasteiger partial charge in [-0.1, -0.05) is 12.1 Å². The maximum absolute atomic E-state index is 12.7. The number of hydrogen-bond acceptors (Lipinski definition) is 2. The van der Waals surface area contributed by atoms with E-state index < -0.39 is 6.10 Å². The lowest BCUT2D eigenvalue weighted by molar-refractivity contribution is -0.128. The van der Waals surface area contributed by atoms with Crippen LogP contribution in [0.1, 0.15) is 18.4 Å². The van der Waals surface area contributed by atoms with Gasteiger partial charge in [0.1, 0.15) is 5.82 Å². The molecule has 0 spiro atoms. The van der Waals surface area contributed by atoms with Crippen LogP contribution in [0.3, 0.4) is 0 Å². The maximum Gasteiger partial charge on any atom is 0.246 e. The van der Waals surface area contributed by atoms with Gasteiger partial charge in [0.05, 0.1) is 6.10 Å². The van der Waals surface area contributed by atoms with Crippen molar-refractivity contribution in [1.82, 2.24) is 4.90 Å². The van der Waals surface area contributed by atoms with Crippen LogP contribution in [0.5, 0.6) is 0 Å². The quantitative estimate of drug-likeness (QED) is 0.812. The molecule has 1 aromatic rings. The molecule has 1 aromatic carbocycles. The number of aliphatic hydroxyl groups excluding tert-OH is 1. The molecule has 0 saturated carbocycles. The first-order valence-corrected chi connectivity index (χ1v) is 6.06. The van der Waals surface area contributed by atoms with E-state index in [1.54, 1.807) is 23.1 Å². The molecule has 1 aliphatic rings. The molecule has 18 heavy (non-hydrogen) atoms. The molecule has 1 amide bonds. The van der Waals surface area contributed by atoms with Gasteiger partial charge >= 0.3 is 0 Å². The van der Waals surface area contributed by atoms with E-state index in [9.17, 15) is 14.3 Å². The van der Waals surface area contributed by atoms with Gasteiger partial charge in [-0.2, -0.15) is 0 Å². The van der Waals surface area contributed by atoms with Crippen LogP contribution in [0, 0.1) is 5.82 Å². The lowest BCUT2D eigenvalue weighted by Crippen LogP contribution is -2.41. The van der Waals surface area contributed by atoms with Gasteiger partial charge < -0.3 is 10.0 Å². The molecule has 1 unspecified atom stereocenters. The van der Waals surface area contributed by atoms with Gasteiger partial charge in [0.15, 0.2) is 0 Å². The predicted molar refractivity (Wildman–Crippen MR) is 67.3 cm³/mol. The van der Waals surface area contributed by atoms with Crippen LogP contribution in [-0.4, -0.2) is 35.1 Å². The highest BCUT2D eigenvalue weighted by atomic mass is 19.1. The van der Waals surface area contributed by atoms with E-state index >= 15 is 0 Å². The van der Waals surface area contributed by atoms with Crippen molar-refractivity contribution in [1.29, 1.82) is 0 Å². The van der Waals surface area contributed by atoms with Crippen molar-refractivity contribution < 1.29 is 14.3 Å². The van der Waals surface area contributed by atoms with Gasteiger partial charge in [-0.25, -0.2) is 4.39 Å². The number of piperidine rings is 1. The van der Waals surface area contributed by atoms with Crippen LogP contribution >= 0.6 is 0 Å². The molecule has 4 heteroatoms. The fourth-order valence-corrected chi connectivity index (χ4v) is 2.00. The smallest absolute Gasteiger partial charge is 0.246 e. The first-order valence-electron chi connectivity index (χ1n) is 6.06. The Bertz CT molecular complexity index is 442. The molecular formula is C14H16FNO2. The highest BCUT2D eigenvalue weighted by molar-refractivity contribution is 5.91. The van der Waals surface area contributed by atoms with Gasteiger partial charge in [0.2, 0.25) is 5.91 Å². The normalized spacial score (nSPS) is 20.3. The number of nitrogens with zero attached hydrogens (tertiary/aromatic N) is 1. The van der Waals surface area contributed by atoms with Crippen LogP contribution in [0.15, 0.2) is 30.3 Å². The standard InChI is InChI=1S/C14H16FNO2/c15-12-6-3-11(4-7-12)5-8-14(18)16-9-1-2-13(17)10-16/h3-8,13,17H,1-2,9-10H2. The second kappa shape index (κ2) is 5.78. The van der Waals surface area contributed by atoms with Gasteiger partial charge in [-0.15, -0.1) is 0 Å². The Morgan fingerprint density at radius 2 is 2.11 bits per heavy atom. The van der Waals surface area contributed by atoms with Crippen LogP contribution in [-0.2, 0) is 4.79 Å². The zero-order chi connectivity index (χ0) is 13.0. The summed E-state index contributed by atoms with van der Waals surface area (Å²) in [6, 6.07) is 5.94. The number of aliphatic hydroxyl groups is 1. The molecule has 0 radical (unpaired) electrons. The van der Waals surface area contributed by atoms with Crippen LogP contribution < -0.4 is 0 Å². The summed E-state index contributed by atoms with van der Waals surface area (Å²) in [6.07, 6.45) is 4.29. The summed E-state index contributed by atoms with van der Waals surface area (Å²) in [5.74, 6) is -0.407. The highest BCUT2D eigenvalue weighted by Gasteiger charge is 2.20. The molecule has 1 fully saturated rings. The lowest BCUT2D eigenvalue weighted by atomic mass is 10.1. The summed E-state index contributed by atoms with van der Waals surface area (Å²) in [7, 11) is 0. The number of carbonyl (C=O) groups is 1. The summed E-state index contributed by atoms with van der Waals surface area (Å²) in [6.45, 7) is 1.08. The number of carbonyl (C=O) groups excluding carboxylic acids is 1. The average molecular weight is 249 g/mol. The summed E-state index contributed by atoms with van der Waals surface area (Å²) in [5.41, 5.74) is 0.780. The number of likely N-dealkylation sites (tertiary alicyclic amines) is 1. The van der Waals surface area contributed by atoms with Gasteiger partial charge in [-0.3, -0.25) is 4.79 Å². The molecule has 96 valence electrons. The predicted octanol–water partition coefficient (Wildman–Crippen LogP) is 1.82. The van der Waals surface area contributed by atoms with E-state index in [4.69, 9.17) is 0 Å². The SMILES string of the molecule is O=C(C=Cc1ccc(F)cc1)N1CCCC(O)C1. The van der Waals surface area contributed by atoms with Crippen molar-refractivity contribution in [3.8, 4) is 0 Å². The zero-order valence-electron chi connectivity index (χ0n) is 10.1. The van der Waals surface area contributed by atoms with Crippen LogP contribution in [0.4, 0.5) is 4.39 Å². The Kier molecular flexibility index (Phi) is 4.10. The van der Waals surface area contributed by atoms with Crippen molar-refractivity contribution in [2.45, 2.75) is 18.9 Å². The minimum Gasteiger partial charge on any atom is -0.391 e. The maximum atomic E-state index is 12.7. The molecule has 2 rings (SSSR count). The van der Waals surface area contributed by atoms with E-state index in [0.717, 1.165) is 18.4 Å². The minimum atomic E-state index is -0.415. The van der Waals surface area contributed by atoms with Crippen LogP contribution in [0.25, 0.3) is 6.08 Å². The Labute approximate surface area is 106 Å². The van der Waals surface area contributed by atoms with E-state index in [-0.39, 0.29) is 11.7 Å². The zero-order valence-corrected chi connectivity index (χ0v) is 10.1. The van der Waals surface area contributed by atoms with Crippen LogP contribution in [0.2, 0.25) is 0 Å². The van der Waals surface area contributed by atoms with Crippen molar-refractivity contribution in [2.24, 2.45) is 0 Å². The second-order valence-corrected chi connectivity index (χ2v) is 4.47. The Morgan fingerprint density at radius 1 is 1.39 bits per heavy atom. The van der Waals surface area contributed by atoms with E-state index in [2.05, 4.69) is 0 Å². The Balaban J connectivity index is 1.96. The molecule has 1 atom stereocenters. The van der Waals surface area contributed by atoms with Crippen molar-refractivity contribution in [3.63, 3.8) is 0 Å². The monoisotopic (exact) mass is 249 g/mol. The number of β-amino-alcohol motifs (C(OH)–C–C–N with tert-alkyl or cyclic N) is 1. The molecule has 0 bridgehead atoms.